The minimum atomic E-state index is -0.370. The van der Waals surface area contributed by atoms with Gasteiger partial charge in [0.05, 0.1) is 0 Å². The maximum absolute atomic E-state index is 13.4. The molecule has 0 atom stereocenters. The molecular weight excluding hydrogens is 349 g/mol. The molecule has 0 aliphatic carbocycles. The molecule has 0 radical (unpaired) electrons. The lowest BCUT2D eigenvalue weighted by molar-refractivity contribution is -0.132. The van der Waals surface area contributed by atoms with Gasteiger partial charge in [-0.15, -0.1) is 0 Å². The molecule has 3 aromatic rings. The van der Waals surface area contributed by atoms with Gasteiger partial charge in [0.2, 0.25) is 5.82 Å². The van der Waals surface area contributed by atoms with Gasteiger partial charge >= 0.3 is 0 Å². The van der Waals surface area contributed by atoms with Crippen LogP contribution < -0.4 is 4.74 Å². The molecule has 1 amide bonds. The van der Waals surface area contributed by atoms with E-state index >= 15 is 0 Å². The highest BCUT2D eigenvalue weighted by molar-refractivity contribution is 5.78. The van der Waals surface area contributed by atoms with Gasteiger partial charge in [-0.3, -0.25) is 4.79 Å². The average molecular weight is 367 g/mol. The summed E-state index contributed by atoms with van der Waals surface area (Å²) in [4.78, 5) is 18.2. The van der Waals surface area contributed by atoms with Crippen LogP contribution in [0.3, 0.4) is 0 Å². The third-order valence-electron chi connectivity index (χ3n) is 4.41. The van der Waals surface area contributed by atoms with Gasteiger partial charge in [-0.25, -0.2) is 4.39 Å². The third-order valence-corrected chi connectivity index (χ3v) is 4.41. The predicted molar refractivity (Wildman–Crippen MR) is 96.4 cm³/mol. The van der Waals surface area contributed by atoms with Crippen molar-refractivity contribution >= 4 is 5.91 Å². The summed E-state index contributed by atoms with van der Waals surface area (Å²) in [7, 11) is 0. The highest BCUT2D eigenvalue weighted by Crippen LogP contribution is 2.25. The predicted octanol–water partition coefficient (Wildman–Crippen LogP) is 3.54. The Balaban J connectivity index is 1.47. The first-order valence-corrected chi connectivity index (χ1v) is 8.80. The number of carbonyl (C=O) groups excluding carboxylic acids is 1. The number of halogens is 1. The number of nitrogens with zero attached hydrogens (tertiary/aromatic N) is 3. The summed E-state index contributed by atoms with van der Waals surface area (Å²) >= 11 is 0. The molecule has 27 heavy (non-hydrogen) atoms. The quantitative estimate of drug-likeness (QED) is 0.690. The first-order chi connectivity index (χ1) is 13.2. The van der Waals surface area contributed by atoms with Crippen molar-refractivity contribution in [3.05, 3.63) is 54.3 Å². The van der Waals surface area contributed by atoms with Gasteiger partial charge in [0.25, 0.3) is 11.8 Å². The molecule has 0 bridgehead atoms. The van der Waals surface area contributed by atoms with E-state index in [1.165, 1.54) is 12.1 Å². The van der Waals surface area contributed by atoms with E-state index in [1.807, 2.05) is 11.0 Å². The van der Waals surface area contributed by atoms with E-state index in [4.69, 9.17) is 9.26 Å². The molecule has 0 unspecified atom stereocenters. The van der Waals surface area contributed by atoms with E-state index in [2.05, 4.69) is 10.1 Å². The maximum Gasteiger partial charge on any atom is 0.260 e. The van der Waals surface area contributed by atoms with E-state index in [0.717, 1.165) is 25.9 Å². The van der Waals surface area contributed by atoms with Crippen LogP contribution in [-0.4, -0.2) is 40.6 Å². The average Bonchev–Trinajstić information content (AvgIpc) is 3.38. The van der Waals surface area contributed by atoms with Crippen molar-refractivity contribution in [2.24, 2.45) is 0 Å². The largest absolute Gasteiger partial charge is 0.484 e. The Bertz CT molecular complexity index is 951. The number of hydrogen-bond acceptors (Lipinski definition) is 5. The minimum absolute atomic E-state index is 0.00421. The van der Waals surface area contributed by atoms with Crippen LogP contribution in [0.15, 0.2) is 53.1 Å². The van der Waals surface area contributed by atoms with Crippen LogP contribution >= 0.6 is 0 Å². The van der Waals surface area contributed by atoms with Crippen LogP contribution in [-0.2, 0) is 4.79 Å². The highest BCUT2D eigenvalue weighted by atomic mass is 19.1. The summed E-state index contributed by atoms with van der Waals surface area (Å²) in [5, 5.41) is 3.95. The van der Waals surface area contributed by atoms with Crippen LogP contribution in [0.4, 0.5) is 4.39 Å². The molecular formula is C20H18FN3O3. The molecule has 1 aliphatic heterocycles. The van der Waals surface area contributed by atoms with Crippen molar-refractivity contribution in [1.29, 1.82) is 0 Å². The topological polar surface area (TPSA) is 68.5 Å². The van der Waals surface area contributed by atoms with Crippen LogP contribution in [0.5, 0.6) is 5.75 Å². The lowest BCUT2D eigenvalue weighted by Gasteiger charge is -2.15. The number of hydrogen-bond donors (Lipinski definition) is 0. The zero-order valence-electron chi connectivity index (χ0n) is 14.6. The molecule has 1 saturated heterocycles. The Kier molecular flexibility index (Phi) is 4.82. The number of carbonyl (C=O) groups is 1. The number of rotatable bonds is 5. The molecule has 0 spiro atoms. The Morgan fingerprint density at radius 1 is 1.11 bits per heavy atom. The van der Waals surface area contributed by atoms with Crippen molar-refractivity contribution < 1.29 is 18.4 Å². The standard InChI is InChI=1S/C20H18FN3O3/c21-16-7-3-6-15(11-16)20-22-19(23-27-20)14-5-4-8-17(12-14)26-13-18(25)24-9-1-2-10-24/h3-8,11-12H,1-2,9-10,13H2. The Hall–Kier alpha value is -3.22. The van der Waals surface area contributed by atoms with Crippen LogP contribution in [0.25, 0.3) is 22.8 Å². The van der Waals surface area contributed by atoms with Crippen LogP contribution in [0.2, 0.25) is 0 Å². The maximum atomic E-state index is 13.4. The molecule has 0 saturated carbocycles. The highest BCUT2D eigenvalue weighted by Gasteiger charge is 2.18. The van der Waals surface area contributed by atoms with Gasteiger partial charge in [0.1, 0.15) is 11.6 Å². The monoisotopic (exact) mass is 367 g/mol. The molecule has 4 rings (SSSR count). The van der Waals surface area contributed by atoms with E-state index < -0.39 is 0 Å². The number of likely N-dealkylation sites (tertiary alicyclic amines) is 1. The smallest absolute Gasteiger partial charge is 0.260 e. The molecule has 1 aromatic heterocycles. The van der Waals surface area contributed by atoms with Crippen LogP contribution in [0, 0.1) is 5.82 Å². The van der Waals surface area contributed by atoms with Gasteiger partial charge in [-0.1, -0.05) is 23.4 Å². The third kappa shape index (κ3) is 3.97. The lowest BCUT2D eigenvalue weighted by Crippen LogP contribution is -2.32. The fraction of sp³-hybridized carbons (Fsp3) is 0.250. The molecule has 2 heterocycles. The molecule has 1 fully saturated rings. The zero-order chi connectivity index (χ0) is 18.6. The molecule has 138 valence electrons. The second-order valence-electron chi connectivity index (χ2n) is 6.34. The molecule has 1 aliphatic rings. The van der Waals surface area contributed by atoms with Crippen molar-refractivity contribution in [1.82, 2.24) is 15.0 Å². The second-order valence-corrected chi connectivity index (χ2v) is 6.34. The molecule has 6 nitrogen and oxygen atoms in total. The van der Waals surface area contributed by atoms with Gasteiger partial charge in [-0.2, -0.15) is 4.98 Å². The van der Waals surface area contributed by atoms with Gasteiger partial charge in [-0.05, 0) is 43.2 Å². The normalized spacial score (nSPS) is 13.7. The summed E-state index contributed by atoms with van der Waals surface area (Å²) in [6.45, 7) is 1.60. The number of ether oxygens (including phenoxy) is 1. The van der Waals surface area contributed by atoms with Crippen molar-refractivity contribution in [2.75, 3.05) is 19.7 Å². The Morgan fingerprint density at radius 3 is 2.70 bits per heavy atom. The van der Waals surface area contributed by atoms with Crippen LogP contribution in [0.1, 0.15) is 12.8 Å². The summed E-state index contributed by atoms with van der Waals surface area (Å²) in [6.07, 6.45) is 2.10. The van der Waals surface area contributed by atoms with Crippen molar-refractivity contribution in [3.63, 3.8) is 0 Å². The minimum Gasteiger partial charge on any atom is -0.484 e. The zero-order valence-corrected chi connectivity index (χ0v) is 14.6. The Morgan fingerprint density at radius 2 is 1.89 bits per heavy atom. The summed E-state index contributed by atoms with van der Waals surface area (Å²) in [5.74, 6) is 0.777. The summed E-state index contributed by atoms with van der Waals surface area (Å²) < 4.78 is 24.2. The van der Waals surface area contributed by atoms with Crippen molar-refractivity contribution in [2.45, 2.75) is 12.8 Å². The Labute approximate surface area is 155 Å². The van der Waals surface area contributed by atoms with E-state index in [0.29, 0.717) is 22.7 Å². The van der Waals surface area contributed by atoms with E-state index in [1.54, 1.807) is 30.3 Å². The van der Waals surface area contributed by atoms with Crippen molar-refractivity contribution in [3.8, 4) is 28.6 Å². The van der Waals surface area contributed by atoms with Gasteiger partial charge in [0, 0.05) is 24.2 Å². The number of benzene rings is 2. The van der Waals surface area contributed by atoms with Gasteiger partial charge < -0.3 is 14.2 Å². The van der Waals surface area contributed by atoms with Gasteiger partial charge in [0.15, 0.2) is 6.61 Å². The summed E-state index contributed by atoms with van der Waals surface area (Å²) in [6, 6.07) is 13.1. The fourth-order valence-corrected chi connectivity index (χ4v) is 3.01. The molecule has 2 aromatic carbocycles. The first-order valence-electron chi connectivity index (χ1n) is 8.80. The summed E-state index contributed by atoms with van der Waals surface area (Å²) in [5.41, 5.74) is 1.20. The number of aromatic nitrogens is 2. The lowest BCUT2D eigenvalue weighted by atomic mass is 10.2. The SMILES string of the molecule is O=C(COc1cccc(-c2noc(-c3cccc(F)c3)n2)c1)N1CCCC1. The molecule has 7 heteroatoms. The van der Waals surface area contributed by atoms with E-state index in [9.17, 15) is 9.18 Å². The fourth-order valence-electron chi connectivity index (χ4n) is 3.01. The molecule has 0 N–H and O–H groups in total. The first kappa shape index (κ1) is 17.2. The second kappa shape index (κ2) is 7.57. The number of amides is 1. The van der Waals surface area contributed by atoms with E-state index in [-0.39, 0.29) is 24.2 Å².